The van der Waals surface area contributed by atoms with Gasteiger partial charge in [0, 0.05) is 13.1 Å². The molecular formula is C11H15F2NO2. The summed E-state index contributed by atoms with van der Waals surface area (Å²) in [6, 6.07) is 1.78. The highest BCUT2D eigenvalue weighted by Crippen LogP contribution is 2.25. The van der Waals surface area contributed by atoms with E-state index in [0.717, 1.165) is 12.1 Å². The molecule has 1 atom stereocenters. The highest BCUT2D eigenvalue weighted by Gasteiger charge is 2.18. The van der Waals surface area contributed by atoms with Gasteiger partial charge < -0.3 is 15.1 Å². The molecule has 1 aromatic carbocycles. The molecule has 90 valence electrons. The lowest BCUT2D eigenvalue weighted by atomic mass is 10.1. The molecule has 3 nitrogen and oxygen atoms in total. The van der Waals surface area contributed by atoms with Crippen molar-refractivity contribution in [3.63, 3.8) is 0 Å². The van der Waals surface area contributed by atoms with Gasteiger partial charge in [0.2, 0.25) is 0 Å². The minimum atomic E-state index is -0.744. The molecule has 0 fully saturated rings. The minimum absolute atomic E-state index is 0.184. The zero-order valence-electron chi connectivity index (χ0n) is 9.24. The first kappa shape index (κ1) is 12.9. The maximum absolute atomic E-state index is 13.6. The molecule has 0 heterocycles. The molecule has 5 heteroatoms. The van der Waals surface area contributed by atoms with Gasteiger partial charge in [-0.2, -0.15) is 0 Å². The van der Waals surface area contributed by atoms with Crippen LogP contribution in [0.4, 0.5) is 14.5 Å². The SMILES string of the molecule is CC(CO)N(C)c1c(F)cc(CO)cc1F. The molecule has 0 radical (unpaired) electrons. The monoisotopic (exact) mass is 231 g/mol. The maximum Gasteiger partial charge on any atom is 0.149 e. The van der Waals surface area contributed by atoms with Gasteiger partial charge in [-0.1, -0.05) is 0 Å². The molecule has 1 unspecified atom stereocenters. The lowest BCUT2D eigenvalue weighted by Crippen LogP contribution is -2.33. The number of aliphatic hydroxyl groups is 2. The predicted octanol–water partition coefficient (Wildman–Crippen LogP) is 1.27. The Hall–Kier alpha value is -1.20. The summed E-state index contributed by atoms with van der Waals surface area (Å²) < 4.78 is 27.1. The van der Waals surface area contributed by atoms with Crippen LogP contribution in [0.15, 0.2) is 12.1 Å². The summed E-state index contributed by atoms with van der Waals surface area (Å²) in [7, 11) is 1.50. The van der Waals surface area contributed by atoms with Crippen molar-refractivity contribution >= 4 is 5.69 Å². The van der Waals surface area contributed by atoms with Crippen molar-refractivity contribution < 1.29 is 19.0 Å². The Labute approximate surface area is 92.9 Å². The van der Waals surface area contributed by atoms with Crippen LogP contribution < -0.4 is 4.90 Å². The molecule has 0 spiro atoms. The van der Waals surface area contributed by atoms with Crippen LogP contribution in [0.2, 0.25) is 0 Å². The number of nitrogens with zero attached hydrogens (tertiary/aromatic N) is 1. The minimum Gasteiger partial charge on any atom is -0.394 e. The quantitative estimate of drug-likeness (QED) is 0.820. The van der Waals surface area contributed by atoms with Crippen LogP contribution in [0.5, 0.6) is 0 Å². The Kier molecular flexibility index (Phi) is 4.20. The van der Waals surface area contributed by atoms with Crippen molar-refractivity contribution in [3.05, 3.63) is 29.3 Å². The third-order valence-corrected chi connectivity index (χ3v) is 2.54. The molecule has 16 heavy (non-hydrogen) atoms. The van der Waals surface area contributed by atoms with Crippen LogP contribution in [-0.4, -0.2) is 29.9 Å². The maximum atomic E-state index is 13.6. The molecule has 0 aromatic heterocycles. The lowest BCUT2D eigenvalue weighted by Gasteiger charge is -2.26. The normalized spacial score (nSPS) is 12.6. The number of halogens is 2. The number of hydrogen-bond acceptors (Lipinski definition) is 3. The van der Waals surface area contributed by atoms with E-state index in [1.807, 2.05) is 0 Å². The molecule has 0 saturated heterocycles. The van der Waals surface area contributed by atoms with E-state index >= 15 is 0 Å². The Bertz CT molecular complexity index is 348. The first-order valence-electron chi connectivity index (χ1n) is 4.93. The van der Waals surface area contributed by atoms with Crippen LogP contribution in [0.3, 0.4) is 0 Å². The highest BCUT2D eigenvalue weighted by atomic mass is 19.1. The fraction of sp³-hybridized carbons (Fsp3) is 0.455. The van der Waals surface area contributed by atoms with Crippen molar-refractivity contribution in [1.29, 1.82) is 0 Å². The molecule has 0 amide bonds. The average molecular weight is 231 g/mol. The number of rotatable bonds is 4. The van der Waals surface area contributed by atoms with Crippen molar-refractivity contribution in [2.75, 3.05) is 18.6 Å². The molecule has 0 aliphatic rings. The van der Waals surface area contributed by atoms with E-state index in [-0.39, 0.29) is 23.9 Å². The fourth-order valence-electron chi connectivity index (χ4n) is 1.39. The van der Waals surface area contributed by atoms with Crippen molar-refractivity contribution in [2.45, 2.75) is 19.6 Å². The third kappa shape index (κ3) is 2.48. The van der Waals surface area contributed by atoms with Gasteiger partial charge in [0.05, 0.1) is 13.2 Å². The van der Waals surface area contributed by atoms with E-state index in [2.05, 4.69) is 0 Å². The zero-order valence-corrected chi connectivity index (χ0v) is 9.24. The van der Waals surface area contributed by atoms with Gasteiger partial charge in [0.15, 0.2) is 0 Å². The first-order chi connectivity index (χ1) is 7.51. The Morgan fingerprint density at radius 3 is 2.12 bits per heavy atom. The van der Waals surface area contributed by atoms with Gasteiger partial charge in [-0.15, -0.1) is 0 Å². The van der Waals surface area contributed by atoms with Crippen molar-refractivity contribution in [1.82, 2.24) is 0 Å². The zero-order chi connectivity index (χ0) is 12.3. The number of likely N-dealkylation sites (N-methyl/N-ethyl adjacent to an activating group) is 1. The highest BCUT2D eigenvalue weighted by molar-refractivity contribution is 5.50. The summed E-state index contributed by atoms with van der Waals surface area (Å²) in [4.78, 5) is 1.33. The van der Waals surface area contributed by atoms with Gasteiger partial charge in [-0.05, 0) is 24.6 Å². The molecular weight excluding hydrogens is 216 g/mol. The van der Waals surface area contributed by atoms with Crippen molar-refractivity contribution in [3.8, 4) is 0 Å². The molecule has 0 saturated carbocycles. The first-order valence-corrected chi connectivity index (χ1v) is 4.93. The van der Waals surface area contributed by atoms with E-state index < -0.39 is 18.2 Å². The average Bonchev–Trinajstić information content (AvgIpc) is 2.26. The topological polar surface area (TPSA) is 43.7 Å². The number of hydrogen-bond donors (Lipinski definition) is 2. The van der Waals surface area contributed by atoms with E-state index in [9.17, 15) is 8.78 Å². The van der Waals surface area contributed by atoms with Gasteiger partial charge in [0.1, 0.15) is 17.3 Å². The summed E-state index contributed by atoms with van der Waals surface area (Å²) >= 11 is 0. The van der Waals surface area contributed by atoms with E-state index in [0.29, 0.717) is 0 Å². The smallest absolute Gasteiger partial charge is 0.149 e. The molecule has 0 aliphatic heterocycles. The molecule has 0 bridgehead atoms. The summed E-state index contributed by atoms with van der Waals surface area (Å²) in [5.74, 6) is -1.49. The number of aliphatic hydroxyl groups excluding tert-OH is 2. The van der Waals surface area contributed by atoms with Gasteiger partial charge in [0.25, 0.3) is 0 Å². The predicted molar refractivity (Wildman–Crippen MR) is 57.2 cm³/mol. The molecule has 1 aromatic rings. The molecule has 0 aliphatic carbocycles. The lowest BCUT2D eigenvalue weighted by molar-refractivity contribution is 0.268. The second-order valence-electron chi connectivity index (χ2n) is 3.71. The van der Waals surface area contributed by atoms with Gasteiger partial charge >= 0.3 is 0 Å². The summed E-state index contributed by atoms with van der Waals surface area (Å²) in [5.41, 5.74) is -0.0115. The largest absolute Gasteiger partial charge is 0.394 e. The van der Waals surface area contributed by atoms with Crippen LogP contribution in [0.1, 0.15) is 12.5 Å². The summed E-state index contributed by atoms with van der Waals surface area (Å²) in [6.07, 6.45) is 0. The van der Waals surface area contributed by atoms with E-state index in [1.54, 1.807) is 6.92 Å². The fourth-order valence-corrected chi connectivity index (χ4v) is 1.39. The molecule has 1 rings (SSSR count). The van der Waals surface area contributed by atoms with Gasteiger partial charge in [-0.3, -0.25) is 0 Å². The summed E-state index contributed by atoms with van der Waals surface area (Å²) in [5, 5.41) is 17.7. The van der Waals surface area contributed by atoms with Crippen molar-refractivity contribution in [2.24, 2.45) is 0 Å². The third-order valence-electron chi connectivity index (χ3n) is 2.54. The van der Waals surface area contributed by atoms with Crippen LogP contribution in [0, 0.1) is 11.6 Å². The van der Waals surface area contributed by atoms with E-state index in [1.165, 1.54) is 11.9 Å². The second-order valence-corrected chi connectivity index (χ2v) is 3.71. The van der Waals surface area contributed by atoms with Gasteiger partial charge in [-0.25, -0.2) is 8.78 Å². The summed E-state index contributed by atoms with van der Waals surface area (Å²) in [6.45, 7) is 1.04. The number of anilines is 1. The number of benzene rings is 1. The Morgan fingerprint density at radius 1 is 1.25 bits per heavy atom. The standard InChI is InChI=1S/C11H15F2NO2/c1-7(5-15)14(2)11-9(12)3-8(6-16)4-10(11)13/h3-4,7,15-16H,5-6H2,1-2H3. The van der Waals surface area contributed by atoms with E-state index in [4.69, 9.17) is 10.2 Å². The van der Waals surface area contributed by atoms with Crippen LogP contribution in [0.25, 0.3) is 0 Å². The molecule has 2 N–H and O–H groups in total. The Balaban J connectivity index is 3.14. The second kappa shape index (κ2) is 5.23. The van der Waals surface area contributed by atoms with Crippen LogP contribution >= 0.6 is 0 Å². The Morgan fingerprint density at radius 2 is 1.75 bits per heavy atom. The van der Waals surface area contributed by atoms with Crippen LogP contribution in [-0.2, 0) is 6.61 Å².